The summed E-state index contributed by atoms with van der Waals surface area (Å²) in [6, 6.07) is 11.0. The zero-order chi connectivity index (χ0) is 16.2. The zero-order valence-corrected chi connectivity index (χ0v) is 13.3. The third-order valence-electron chi connectivity index (χ3n) is 4.21. The number of amides is 1. The minimum atomic E-state index is -0.378. The van der Waals surface area contributed by atoms with Gasteiger partial charge in [-0.1, -0.05) is 0 Å². The molecule has 0 spiro atoms. The van der Waals surface area contributed by atoms with Crippen molar-refractivity contribution in [2.24, 2.45) is 7.05 Å². The van der Waals surface area contributed by atoms with Gasteiger partial charge in [-0.15, -0.1) is 0 Å². The van der Waals surface area contributed by atoms with E-state index >= 15 is 0 Å². The predicted octanol–water partition coefficient (Wildman–Crippen LogP) is 2.63. The van der Waals surface area contributed by atoms with Crippen LogP contribution in [0.15, 0.2) is 47.4 Å². The van der Waals surface area contributed by atoms with Gasteiger partial charge < -0.3 is 14.8 Å². The van der Waals surface area contributed by atoms with Crippen LogP contribution in [-0.2, 0) is 7.05 Å². The Balaban J connectivity index is 1.71. The summed E-state index contributed by atoms with van der Waals surface area (Å²) in [6.45, 7) is 2.18. The number of aromatic nitrogens is 1. The lowest BCUT2D eigenvalue weighted by molar-refractivity contribution is 0.102. The van der Waals surface area contributed by atoms with Gasteiger partial charge in [0.15, 0.2) is 0 Å². The fourth-order valence-electron chi connectivity index (χ4n) is 2.88. The van der Waals surface area contributed by atoms with Gasteiger partial charge in [0.1, 0.15) is 5.56 Å². The summed E-state index contributed by atoms with van der Waals surface area (Å²) in [7, 11) is 1.63. The molecule has 0 unspecified atom stereocenters. The summed E-state index contributed by atoms with van der Waals surface area (Å²) < 4.78 is 1.40. The highest BCUT2D eigenvalue weighted by Gasteiger charge is 2.13. The van der Waals surface area contributed by atoms with E-state index in [1.54, 1.807) is 25.4 Å². The van der Waals surface area contributed by atoms with E-state index in [0.29, 0.717) is 5.69 Å². The van der Waals surface area contributed by atoms with Crippen LogP contribution in [0.4, 0.5) is 11.4 Å². The Morgan fingerprint density at radius 2 is 1.74 bits per heavy atom. The number of aryl methyl sites for hydroxylation is 1. The van der Waals surface area contributed by atoms with Gasteiger partial charge in [0.25, 0.3) is 11.5 Å². The maximum Gasteiger partial charge on any atom is 0.263 e. The molecule has 2 aromatic rings. The van der Waals surface area contributed by atoms with Crippen molar-refractivity contribution in [1.29, 1.82) is 0 Å². The first kappa shape index (κ1) is 15.3. The molecule has 1 N–H and O–H groups in total. The number of piperidine rings is 1. The van der Waals surface area contributed by atoms with E-state index in [1.807, 2.05) is 24.3 Å². The molecule has 1 aliphatic heterocycles. The molecule has 3 rings (SSSR count). The lowest BCUT2D eigenvalue weighted by Gasteiger charge is -2.28. The largest absolute Gasteiger partial charge is 0.372 e. The Morgan fingerprint density at radius 1 is 1.04 bits per heavy atom. The summed E-state index contributed by atoms with van der Waals surface area (Å²) in [5.41, 5.74) is 1.73. The van der Waals surface area contributed by atoms with E-state index in [9.17, 15) is 9.59 Å². The Labute approximate surface area is 135 Å². The summed E-state index contributed by atoms with van der Waals surface area (Å²) >= 11 is 0. The Kier molecular flexibility index (Phi) is 4.46. The summed E-state index contributed by atoms with van der Waals surface area (Å²) in [5.74, 6) is -0.378. The van der Waals surface area contributed by atoms with E-state index in [2.05, 4.69) is 10.2 Å². The van der Waals surface area contributed by atoms with Gasteiger partial charge >= 0.3 is 0 Å². The summed E-state index contributed by atoms with van der Waals surface area (Å²) in [5, 5.41) is 2.79. The number of anilines is 2. The predicted molar refractivity (Wildman–Crippen MR) is 92.1 cm³/mol. The average molecular weight is 311 g/mol. The van der Waals surface area contributed by atoms with Gasteiger partial charge in [-0.05, 0) is 55.7 Å². The normalized spacial score (nSPS) is 14.6. The van der Waals surface area contributed by atoms with Crippen molar-refractivity contribution in [1.82, 2.24) is 4.57 Å². The van der Waals surface area contributed by atoms with Crippen molar-refractivity contribution < 1.29 is 4.79 Å². The number of rotatable bonds is 3. The van der Waals surface area contributed by atoms with Gasteiger partial charge in [0, 0.05) is 37.7 Å². The maximum atomic E-state index is 12.2. The zero-order valence-electron chi connectivity index (χ0n) is 13.3. The SMILES string of the molecule is Cn1cccc(C(=O)Nc2ccc(N3CCCCC3)cc2)c1=O. The molecule has 1 aromatic carbocycles. The highest BCUT2D eigenvalue weighted by Crippen LogP contribution is 2.21. The standard InChI is InChI=1S/C18H21N3O2/c1-20-11-5-6-16(18(20)23)17(22)19-14-7-9-15(10-8-14)21-12-3-2-4-13-21/h5-11H,2-4,12-13H2,1H3,(H,19,22). The first-order chi connectivity index (χ1) is 11.1. The lowest BCUT2D eigenvalue weighted by Crippen LogP contribution is -2.29. The van der Waals surface area contributed by atoms with Crippen LogP contribution in [0.25, 0.3) is 0 Å². The minimum absolute atomic E-state index is 0.148. The van der Waals surface area contributed by atoms with Crippen LogP contribution >= 0.6 is 0 Å². The maximum absolute atomic E-state index is 12.2. The Hall–Kier alpha value is -2.56. The molecule has 0 bridgehead atoms. The van der Waals surface area contributed by atoms with Crippen molar-refractivity contribution in [2.75, 3.05) is 23.3 Å². The van der Waals surface area contributed by atoms with E-state index < -0.39 is 0 Å². The number of nitrogens with one attached hydrogen (secondary N) is 1. The second kappa shape index (κ2) is 6.69. The van der Waals surface area contributed by atoms with Crippen LogP contribution in [0.2, 0.25) is 0 Å². The number of hydrogen-bond acceptors (Lipinski definition) is 3. The first-order valence-corrected chi connectivity index (χ1v) is 7.97. The number of carbonyl (C=O) groups excluding carboxylic acids is 1. The number of pyridine rings is 1. The second-order valence-corrected chi connectivity index (χ2v) is 5.89. The number of hydrogen-bond donors (Lipinski definition) is 1. The molecule has 2 heterocycles. The van der Waals surface area contributed by atoms with Crippen LogP contribution in [-0.4, -0.2) is 23.6 Å². The van der Waals surface area contributed by atoms with E-state index in [-0.39, 0.29) is 17.0 Å². The number of benzene rings is 1. The lowest BCUT2D eigenvalue weighted by atomic mass is 10.1. The quantitative estimate of drug-likeness (QED) is 0.948. The van der Waals surface area contributed by atoms with Crippen molar-refractivity contribution in [3.05, 3.63) is 58.5 Å². The molecule has 1 amide bonds. The molecule has 1 saturated heterocycles. The smallest absolute Gasteiger partial charge is 0.263 e. The molecule has 1 aromatic heterocycles. The molecule has 120 valence electrons. The van der Waals surface area contributed by atoms with Gasteiger partial charge in [0.05, 0.1) is 0 Å². The molecular formula is C18H21N3O2. The summed E-state index contributed by atoms with van der Waals surface area (Å²) in [6.07, 6.45) is 5.40. The number of carbonyl (C=O) groups is 1. The molecule has 23 heavy (non-hydrogen) atoms. The van der Waals surface area contributed by atoms with Gasteiger partial charge in [0.2, 0.25) is 0 Å². The molecule has 5 heteroatoms. The monoisotopic (exact) mass is 311 g/mol. The molecule has 0 radical (unpaired) electrons. The van der Waals surface area contributed by atoms with Crippen LogP contribution in [0.3, 0.4) is 0 Å². The van der Waals surface area contributed by atoms with Crippen LogP contribution in [0, 0.1) is 0 Å². The van der Waals surface area contributed by atoms with Crippen LogP contribution in [0.1, 0.15) is 29.6 Å². The van der Waals surface area contributed by atoms with Crippen LogP contribution < -0.4 is 15.8 Å². The van der Waals surface area contributed by atoms with E-state index in [1.165, 1.54) is 29.5 Å². The highest BCUT2D eigenvalue weighted by molar-refractivity contribution is 6.04. The average Bonchev–Trinajstić information content (AvgIpc) is 2.59. The summed E-state index contributed by atoms with van der Waals surface area (Å²) in [4.78, 5) is 26.6. The first-order valence-electron chi connectivity index (χ1n) is 7.97. The van der Waals surface area contributed by atoms with Gasteiger partial charge in [-0.2, -0.15) is 0 Å². The van der Waals surface area contributed by atoms with Crippen molar-refractivity contribution >= 4 is 17.3 Å². The molecule has 1 fully saturated rings. The van der Waals surface area contributed by atoms with Crippen molar-refractivity contribution in [3.63, 3.8) is 0 Å². The fraction of sp³-hybridized carbons (Fsp3) is 0.333. The molecular weight excluding hydrogens is 290 g/mol. The molecule has 0 saturated carbocycles. The fourth-order valence-corrected chi connectivity index (χ4v) is 2.88. The molecule has 5 nitrogen and oxygen atoms in total. The molecule has 0 aliphatic carbocycles. The minimum Gasteiger partial charge on any atom is -0.372 e. The topological polar surface area (TPSA) is 54.3 Å². The van der Waals surface area contributed by atoms with Gasteiger partial charge in [-0.3, -0.25) is 9.59 Å². The van der Waals surface area contributed by atoms with E-state index in [4.69, 9.17) is 0 Å². The second-order valence-electron chi connectivity index (χ2n) is 5.89. The van der Waals surface area contributed by atoms with Crippen molar-refractivity contribution in [3.8, 4) is 0 Å². The Bertz CT molecular complexity index is 744. The van der Waals surface area contributed by atoms with Crippen molar-refractivity contribution in [2.45, 2.75) is 19.3 Å². The third-order valence-corrected chi connectivity index (χ3v) is 4.21. The van der Waals surface area contributed by atoms with Gasteiger partial charge in [-0.25, -0.2) is 0 Å². The molecule has 0 atom stereocenters. The van der Waals surface area contributed by atoms with E-state index in [0.717, 1.165) is 13.1 Å². The third kappa shape index (κ3) is 3.44. The molecule has 1 aliphatic rings. The highest BCUT2D eigenvalue weighted by atomic mass is 16.2. The van der Waals surface area contributed by atoms with Crippen LogP contribution in [0.5, 0.6) is 0 Å². The Morgan fingerprint density at radius 3 is 2.43 bits per heavy atom. The number of nitrogens with zero attached hydrogens (tertiary/aromatic N) is 2.